The number of nitrogens with zero attached hydrogens (tertiary/aromatic N) is 1. The Morgan fingerprint density at radius 3 is 2.64 bits per heavy atom. The molecule has 0 saturated carbocycles. The van der Waals surface area contributed by atoms with Crippen LogP contribution in [0.15, 0.2) is 54.6 Å². The highest BCUT2D eigenvalue weighted by Crippen LogP contribution is 2.30. The van der Waals surface area contributed by atoms with Crippen LogP contribution < -0.4 is 14.8 Å². The standard InChI is InChI=1S/C18H16N2O5/c21-18(10-7-13-5-8-14(9-6-13)20(22)23)19-11-15-12-24-16-3-1-2-4-17(16)25-15/h1-10,15H,11-12H2,(H,19,21). The fourth-order valence-corrected chi connectivity index (χ4v) is 2.32. The van der Waals surface area contributed by atoms with Crippen molar-refractivity contribution in [3.05, 3.63) is 70.3 Å². The molecule has 0 radical (unpaired) electrons. The second-order valence-corrected chi connectivity index (χ2v) is 5.42. The van der Waals surface area contributed by atoms with Gasteiger partial charge in [0.15, 0.2) is 11.5 Å². The molecule has 0 spiro atoms. The van der Waals surface area contributed by atoms with Gasteiger partial charge in [-0.2, -0.15) is 0 Å². The Hall–Kier alpha value is -3.35. The molecule has 0 bridgehead atoms. The Labute approximate surface area is 144 Å². The maximum atomic E-state index is 11.9. The van der Waals surface area contributed by atoms with Gasteiger partial charge in [0, 0.05) is 18.2 Å². The van der Waals surface area contributed by atoms with Gasteiger partial charge in [-0.05, 0) is 35.9 Å². The number of nitro benzene ring substituents is 1. The summed E-state index contributed by atoms with van der Waals surface area (Å²) in [7, 11) is 0. The highest BCUT2D eigenvalue weighted by Gasteiger charge is 2.20. The third kappa shape index (κ3) is 4.35. The van der Waals surface area contributed by atoms with Gasteiger partial charge in [-0.3, -0.25) is 14.9 Å². The second-order valence-electron chi connectivity index (χ2n) is 5.42. The number of amides is 1. The van der Waals surface area contributed by atoms with Crippen molar-refractivity contribution in [1.82, 2.24) is 5.32 Å². The van der Waals surface area contributed by atoms with Gasteiger partial charge >= 0.3 is 0 Å². The number of nitrogens with one attached hydrogen (secondary N) is 1. The highest BCUT2D eigenvalue weighted by atomic mass is 16.6. The lowest BCUT2D eigenvalue weighted by Crippen LogP contribution is -2.40. The van der Waals surface area contributed by atoms with Crippen LogP contribution in [0.4, 0.5) is 5.69 Å². The minimum Gasteiger partial charge on any atom is -0.486 e. The number of carbonyl (C=O) groups excluding carboxylic acids is 1. The number of para-hydroxylation sites is 2. The summed E-state index contributed by atoms with van der Waals surface area (Å²) in [5, 5.41) is 13.3. The molecule has 7 heteroatoms. The van der Waals surface area contributed by atoms with Crippen molar-refractivity contribution < 1.29 is 19.2 Å². The molecule has 1 amide bonds. The minimum absolute atomic E-state index is 0.0105. The zero-order valence-electron chi connectivity index (χ0n) is 13.3. The molecule has 2 aromatic rings. The first-order chi connectivity index (χ1) is 12.1. The van der Waals surface area contributed by atoms with E-state index in [1.807, 2.05) is 24.3 Å². The number of nitro groups is 1. The molecule has 1 unspecified atom stereocenters. The van der Waals surface area contributed by atoms with Crippen LogP contribution in [0.3, 0.4) is 0 Å². The van der Waals surface area contributed by atoms with Crippen molar-refractivity contribution >= 4 is 17.7 Å². The Bertz CT molecular complexity index is 801. The number of fused-ring (bicyclic) bond motifs is 1. The smallest absolute Gasteiger partial charge is 0.269 e. The second kappa shape index (κ2) is 7.48. The van der Waals surface area contributed by atoms with E-state index in [1.165, 1.54) is 18.2 Å². The van der Waals surface area contributed by atoms with Crippen LogP contribution in [0.25, 0.3) is 6.08 Å². The van der Waals surface area contributed by atoms with Crippen molar-refractivity contribution in [1.29, 1.82) is 0 Å². The fraction of sp³-hybridized carbons (Fsp3) is 0.167. The number of carbonyl (C=O) groups is 1. The first-order valence-electron chi connectivity index (χ1n) is 7.70. The van der Waals surface area contributed by atoms with Crippen LogP contribution in [0.1, 0.15) is 5.56 Å². The van der Waals surface area contributed by atoms with Crippen LogP contribution >= 0.6 is 0 Å². The summed E-state index contributed by atoms with van der Waals surface area (Å²) in [4.78, 5) is 22.0. The first-order valence-corrected chi connectivity index (χ1v) is 7.70. The monoisotopic (exact) mass is 340 g/mol. The molecule has 0 aromatic heterocycles. The number of hydrogen-bond donors (Lipinski definition) is 1. The van der Waals surface area contributed by atoms with Gasteiger partial charge in [-0.25, -0.2) is 0 Å². The predicted octanol–water partition coefficient (Wildman–Crippen LogP) is 2.56. The van der Waals surface area contributed by atoms with E-state index in [0.717, 1.165) is 0 Å². The quantitative estimate of drug-likeness (QED) is 0.513. The normalized spacial score (nSPS) is 15.8. The number of ether oxygens (including phenoxy) is 2. The average molecular weight is 340 g/mol. The van der Waals surface area contributed by atoms with Crippen molar-refractivity contribution in [2.75, 3.05) is 13.2 Å². The van der Waals surface area contributed by atoms with Gasteiger partial charge in [0.1, 0.15) is 12.7 Å². The molecule has 1 aliphatic rings. The number of benzene rings is 2. The Kier molecular flexibility index (Phi) is 4.94. The lowest BCUT2D eigenvalue weighted by atomic mass is 10.2. The largest absolute Gasteiger partial charge is 0.486 e. The van der Waals surface area contributed by atoms with E-state index in [-0.39, 0.29) is 17.7 Å². The van der Waals surface area contributed by atoms with E-state index in [2.05, 4.69) is 5.32 Å². The average Bonchev–Trinajstić information content (AvgIpc) is 2.65. The Morgan fingerprint density at radius 2 is 1.92 bits per heavy atom. The SMILES string of the molecule is O=C(C=Cc1ccc([N+](=O)[O-])cc1)NCC1COc2ccccc2O1. The van der Waals surface area contributed by atoms with Crippen LogP contribution in [-0.2, 0) is 4.79 Å². The number of hydrogen-bond acceptors (Lipinski definition) is 5. The summed E-state index contributed by atoms with van der Waals surface area (Å²) in [6.07, 6.45) is 2.71. The molecule has 2 aromatic carbocycles. The summed E-state index contributed by atoms with van der Waals surface area (Å²) < 4.78 is 11.3. The molecule has 3 rings (SSSR count). The first kappa shape index (κ1) is 16.5. The van der Waals surface area contributed by atoms with Gasteiger partial charge < -0.3 is 14.8 Å². The van der Waals surface area contributed by atoms with Gasteiger partial charge in [0.2, 0.25) is 5.91 Å². The number of non-ortho nitro benzene ring substituents is 1. The van der Waals surface area contributed by atoms with E-state index in [4.69, 9.17) is 9.47 Å². The van der Waals surface area contributed by atoms with Crippen LogP contribution in [0.2, 0.25) is 0 Å². The highest BCUT2D eigenvalue weighted by molar-refractivity contribution is 5.91. The summed E-state index contributed by atoms with van der Waals surface area (Å²) in [5.41, 5.74) is 0.711. The molecule has 128 valence electrons. The van der Waals surface area contributed by atoms with Crippen molar-refractivity contribution in [3.63, 3.8) is 0 Å². The lowest BCUT2D eigenvalue weighted by molar-refractivity contribution is -0.384. The topological polar surface area (TPSA) is 90.7 Å². The fourth-order valence-electron chi connectivity index (χ4n) is 2.32. The third-order valence-corrected chi connectivity index (χ3v) is 3.60. The van der Waals surface area contributed by atoms with E-state index in [9.17, 15) is 14.9 Å². The molecule has 1 aliphatic heterocycles. The molecule has 25 heavy (non-hydrogen) atoms. The molecule has 1 atom stereocenters. The summed E-state index contributed by atoms with van der Waals surface area (Å²) >= 11 is 0. The molecule has 0 aliphatic carbocycles. The van der Waals surface area contributed by atoms with Crippen molar-refractivity contribution in [3.8, 4) is 11.5 Å². The van der Waals surface area contributed by atoms with E-state index >= 15 is 0 Å². The molecule has 0 fully saturated rings. The van der Waals surface area contributed by atoms with Gasteiger partial charge in [0.05, 0.1) is 11.5 Å². The predicted molar refractivity (Wildman–Crippen MR) is 91.5 cm³/mol. The van der Waals surface area contributed by atoms with E-state index in [1.54, 1.807) is 18.2 Å². The van der Waals surface area contributed by atoms with Crippen LogP contribution in [-0.4, -0.2) is 30.1 Å². The maximum absolute atomic E-state index is 11.9. The lowest BCUT2D eigenvalue weighted by Gasteiger charge is -2.26. The Morgan fingerprint density at radius 1 is 1.20 bits per heavy atom. The molecule has 7 nitrogen and oxygen atoms in total. The molecule has 1 N–H and O–H groups in total. The molecule has 0 saturated heterocycles. The maximum Gasteiger partial charge on any atom is 0.269 e. The van der Waals surface area contributed by atoms with Crippen molar-refractivity contribution in [2.24, 2.45) is 0 Å². The van der Waals surface area contributed by atoms with Gasteiger partial charge in [0.25, 0.3) is 5.69 Å². The van der Waals surface area contributed by atoms with Gasteiger partial charge in [-0.15, -0.1) is 0 Å². The van der Waals surface area contributed by atoms with E-state index in [0.29, 0.717) is 30.2 Å². The summed E-state index contributed by atoms with van der Waals surface area (Å²) in [6.45, 7) is 0.682. The van der Waals surface area contributed by atoms with E-state index < -0.39 is 4.92 Å². The minimum atomic E-state index is -0.468. The Balaban J connectivity index is 1.49. The zero-order valence-corrected chi connectivity index (χ0v) is 13.3. The molecule has 1 heterocycles. The van der Waals surface area contributed by atoms with Crippen LogP contribution in [0, 0.1) is 10.1 Å². The molecular formula is C18H16N2O5. The van der Waals surface area contributed by atoms with Crippen molar-refractivity contribution in [2.45, 2.75) is 6.10 Å². The van der Waals surface area contributed by atoms with Gasteiger partial charge in [-0.1, -0.05) is 12.1 Å². The van der Waals surface area contributed by atoms with Crippen LogP contribution in [0.5, 0.6) is 11.5 Å². The zero-order chi connectivity index (χ0) is 17.6. The number of rotatable bonds is 5. The summed E-state index contributed by atoms with van der Waals surface area (Å²) in [6, 6.07) is 13.3. The molecular weight excluding hydrogens is 324 g/mol. The summed E-state index contributed by atoms with van der Waals surface area (Å²) in [5.74, 6) is 1.08. The third-order valence-electron chi connectivity index (χ3n) is 3.60.